The van der Waals surface area contributed by atoms with E-state index in [9.17, 15) is 9.59 Å². The summed E-state index contributed by atoms with van der Waals surface area (Å²) in [5.41, 5.74) is 1.91. The summed E-state index contributed by atoms with van der Waals surface area (Å²) in [6, 6.07) is 14.0. The molecule has 0 bridgehead atoms. The lowest BCUT2D eigenvalue weighted by molar-refractivity contribution is -0.116. The molecule has 0 saturated heterocycles. The van der Waals surface area contributed by atoms with Gasteiger partial charge in [-0.05, 0) is 73.1 Å². The zero-order chi connectivity index (χ0) is 21.2. The number of nitrogens with one attached hydrogen (secondary N) is 3. The summed E-state index contributed by atoms with van der Waals surface area (Å²) in [4.78, 5) is 24.1. The van der Waals surface area contributed by atoms with Gasteiger partial charge in [0.1, 0.15) is 5.75 Å². The van der Waals surface area contributed by atoms with Gasteiger partial charge >= 0.3 is 0 Å². The van der Waals surface area contributed by atoms with Gasteiger partial charge in [-0.3, -0.25) is 14.9 Å². The number of hydrogen-bond acceptors (Lipinski definition) is 4. The van der Waals surface area contributed by atoms with E-state index in [1.54, 1.807) is 48.5 Å². The molecule has 0 heterocycles. The van der Waals surface area contributed by atoms with E-state index < -0.39 is 0 Å². The van der Waals surface area contributed by atoms with Crippen molar-refractivity contribution in [2.24, 2.45) is 5.92 Å². The fourth-order valence-electron chi connectivity index (χ4n) is 2.48. The van der Waals surface area contributed by atoms with Crippen LogP contribution in [-0.4, -0.2) is 23.5 Å². The van der Waals surface area contributed by atoms with E-state index in [2.05, 4.69) is 16.0 Å². The van der Waals surface area contributed by atoms with Gasteiger partial charge in [-0.25, -0.2) is 0 Å². The third kappa shape index (κ3) is 7.91. The van der Waals surface area contributed by atoms with Gasteiger partial charge < -0.3 is 15.4 Å². The zero-order valence-corrected chi connectivity index (χ0v) is 17.8. The minimum absolute atomic E-state index is 0.0189. The van der Waals surface area contributed by atoms with E-state index in [0.717, 1.165) is 12.2 Å². The van der Waals surface area contributed by atoms with Crippen molar-refractivity contribution in [1.82, 2.24) is 5.32 Å². The van der Waals surface area contributed by atoms with Crippen LogP contribution in [0, 0.1) is 5.92 Å². The second-order valence-corrected chi connectivity index (χ2v) is 7.41. The molecule has 0 radical (unpaired) electrons. The number of carbonyl (C=O) groups is 2. The van der Waals surface area contributed by atoms with E-state index in [4.69, 9.17) is 17.0 Å². The molecule has 3 N–H and O–H groups in total. The Hall–Kier alpha value is -2.93. The maximum absolute atomic E-state index is 12.3. The molecule has 0 aliphatic rings. The molecular formula is C22H27N3O3S. The van der Waals surface area contributed by atoms with E-state index in [-0.39, 0.29) is 16.9 Å². The molecule has 2 aromatic rings. The van der Waals surface area contributed by atoms with Gasteiger partial charge in [-0.15, -0.1) is 0 Å². The summed E-state index contributed by atoms with van der Waals surface area (Å²) in [7, 11) is 0. The molecule has 0 saturated carbocycles. The monoisotopic (exact) mass is 413 g/mol. The molecule has 0 aliphatic carbocycles. The molecule has 6 nitrogen and oxygen atoms in total. The number of hydrogen-bond donors (Lipinski definition) is 3. The first-order valence-corrected chi connectivity index (χ1v) is 10.0. The summed E-state index contributed by atoms with van der Waals surface area (Å²) in [6.07, 6.45) is 1.40. The SMILES string of the molecule is CCCOc1ccc(C(=O)NC(=S)Nc2ccc(NC(=O)CC(C)C)cc2)cc1. The smallest absolute Gasteiger partial charge is 0.257 e. The Morgan fingerprint density at radius 1 is 0.966 bits per heavy atom. The Kier molecular flexibility index (Phi) is 8.61. The highest BCUT2D eigenvalue weighted by Gasteiger charge is 2.09. The van der Waals surface area contributed by atoms with E-state index >= 15 is 0 Å². The van der Waals surface area contributed by atoms with Crippen molar-refractivity contribution in [3.63, 3.8) is 0 Å². The van der Waals surface area contributed by atoms with Crippen LogP contribution in [0.4, 0.5) is 11.4 Å². The molecule has 0 fully saturated rings. The third-order valence-corrected chi connectivity index (χ3v) is 4.04. The standard InChI is InChI=1S/C22H27N3O3S/c1-4-13-28-19-11-5-16(6-12-19)21(27)25-22(29)24-18-9-7-17(8-10-18)23-20(26)14-15(2)3/h5-12,15H,4,13-14H2,1-3H3,(H,23,26)(H2,24,25,27,29). The van der Waals surface area contributed by atoms with Crippen LogP contribution in [0.2, 0.25) is 0 Å². The number of thiocarbonyl (C=S) groups is 1. The van der Waals surface area contributed by atoms with Gasteiger partial charge in [0.2, 0.25) is 5.91 Å². The summed E-state index contributed by atoms with van der Waals surface area (Å²) in [6.45, 7) is 6.67. The van der Waals surface area contributed by atoms with Crippen molar-refractivity contribution < 1.29 is 14.3 Å². The number of rotatable bonds is 8. The third-order valence-electron chi connectivity index (χ3n) is 3.84. The van der Waals surface area contributed by atoms with Crippen molar-refractivity contribution in [3.05, 3.63) is 54.1 Å². The highest BCUT2D eigenvalue weighted by Crippen LogP contribution is 2.15. The van der Waals surface area contributed by atoms with Crippen LogP contribution < -0.4 is 20.7 Å². The molecule has 7 heteroatoms. The lowest BCUT2D eigenvalue weighted by atomic mass is 10.1. The van der Waals surface area contributed by atoms with Crippen molar-refractivity contribution in [1.29, 1.82) is 0 Å². The Balaban J connectivity index is 1.85. The molecular weight excluding hydrogens is 386 g/mol. The van der Waals surface area contributed by atoms with Crippen LogP contribution in [0.15, 0.2) is 48.5 Å². The maximum atomic E-state index is 12.3. The Bertz CT molecular complexity index is 833. The van der Waals surface area contributed by atoms with Crippen molar-refractivity contribution in [3.8, 4) is 5.75 Å². The lowest BCUT2D eigenvalue weighted by Crippen LogP contribution is -2.34. The largest absolute Gasteiger partial charge is 0.494 e. The second-order valence-electron chi connectivity index (χ2n) is 7.00. The molecule has 29 heavy (non-hydrogen) atoms. The summed E-state index contributed by atoms with van der Waals surface area (Å²) in [5, 5.41) is 8.64. The van der Waals surface area contributed by atoms with Crippen LogP contribution in [0.5, 0.6) is 5.75 Å². The topological polar surface area (TPSA) is 79.5 Å². The number of carbonyl (C=O) groups excluding carboxylic acids is 2. The normalized spacial score (nSPS) is 10.3. The highest BCUT2D eigenvalue weighted by atomic mass is 32.1. The molecule has 0 aromatic heterocycles. The first-order chi connectivity index (χ1) is 13.9. The fourth-order valence-corrected chi connectivity index (χ4v) is 2.69. The van der Waals surface area contributed by atoms with Crippen molar-refractivity contribution in [2.75, 3.05) is 17.2 Å². The fraction of sp³-hybridized carbons (Fsp3) is 0.318. The molecule has 154 valence electrons. The summed E-state index contributed by atoms with van der Waals surface area (Å²) >= 11 is 5.21. The lowest BCUT2D eigenvalue weighted by Gasteiger charge is -2.11. The molecule has 2 aromatic carbocycles. The predicted octanol–water partition coefficient (Wildman–Crippen LogP) is 4.59. The summed E-state index contributed by atoms with van der Waals surface area (Å²) < 4.78 is 5.51. The average molecular weight is 414 g/mol. The highest BCUT2D eigenvalue weighted by molar-refractivity contribution is 7.80. The molecule has 0 atom stereocenters. The molecule has 0 aliphatic heterocycles. The van der Waals surface area contributed by atoms with Gasteiger partial charge in [-0.1, -0.05) is 20.8 Å². The van der Waals surface area contributed by atoms with Crippen molar-refractivity contribution >= 4 is 40.5 Å². The van der Waals surface area contributed by atoms with Crippen LogP contribution in [0.1, 0.15) is 44.0 Å². The van der Waals surface area contributed by atoms with Crippen LogP contribution in [0.25, 0.3) is 0 Å². The van der Waals surface area contributed by atoms with Crippen LogP contribution in [0.3, 0.4) is 0 Å². The second kappa shape index (κ2) is 11.2. The number of benzene rings is 2. The van der Waals surface area contributed by atoms with Crippen LogP contribution in [-0.2, 0) is 4.79 Å². The minimum Gasteiger partial charge on any atom is -0.494 e. The number of amides is 2. The van der Waals surface area contributed by atoms with Gasteiger partial charge in [0.05, 0.1) is 6.61 Å². The predicted molar refractivity (Wildman–Crippen MR) is 120 cm³/mol. The number of anilines is 2. The van der Waals surface area contributed by atoms with Crippen LogP contribution >= 0.6 is 12.2 Å². The number of ether oxygens (including phenoxy) is 1. The van der Waals surface area contributed by atoms with Gasteiger partial charge in [0.25, 0.3) is 5.91 Å². The quantitative estimate of drug-likeness (QED) is 0.552. The molecule has 0 spiro atoms. The summed E-state index contributed by atoms with van der Waals surface area (Å²) in [5.74, 6) is 0.707. The Morgan fingerprint density at radius 3 is 2.10 bits per heavy atom. The van der Waals surface area contributed by atoms with Crippen molar-refractivity contribution in [2.45, 2.75) is 33.6 Å². The molecule has 2 amide bonds. The van der Waals surface area contributed by atoms with Gasteiger partial charge in [-0.2, -0.15) is 0 Å². The Labute approximate surface area is 177 Å². The first-order valence-electron chi connectivity index (χ1n) is 9.62. The van der Waals surface area contributed by atoms with E-state index in [1.807, 2.05) is 20.8 Å². The Morgan fingerprint density at radius 2 is 1.55 bits per heavy atom. The molecule has 0 unspecified atom stereocenters. The van der Waals surface area contributed by atoms with E-state index in [0.29, 0.717) is 35.9 Å². The first kappa shape index (κ1) is 22.4. The van der Waals surface area contributed by atoms with E-state index in [1.165, 1.54) is 0 Å². The maximum Gasteiger partial charge on any atom is 0.257 e. The van der Waals surface area contributed by atoms with Gasteiger partial charge in [0, 0.05) is 23.4 Å². The molecule has 2 rings (SSSR count). The zero-order valence-electron chi connectivity index (χ0n) is 17.0. The average Bonchev–Trinajstić information content (AvgIpc) is 2.67. The minimum atomic E-state index is -0.304. The van der Waals surface area contributed by atoms with Gasteiger partial charge in [0.15, 0.2) is 5.11 Å².